The molecular formula is C17H37NO. The summed E-state index contributed by atoms with van der Waals surface area (Å²) in [6.07, 6.45) is 13.9. The molecule has 0 heterocycles. The van der Waals surface area contributed by atoms with Crippen molar-refractivity contribution >= 4 is 0 Å². The topological polar surface area (TPSA) is 35.2 Å². The molecular weight excluding hydrogens is 234 g/mol. The van der Waals surface area contributed by atoms with Crippen LogP contribution < -0.4 is 5.73 Å². The van der Waals surface area contributed by atoms with Gasteiger partial charge in [-0.3, -0.25) is 0 Å². The number of hydrogen-bond acceptors (Lipinski definition) is 2. The smallest absolute Gasteiger partial charge is 0.0654 e. The van der Waals surface area contributed by atoms with Gasteiger partial charge >= 0.3 is 0 Å². The van der Waals surface area contributed by atoms with Crippen LogP contribution in [0.5, 0.6) is 0 Å². The van der Waals surface area contributed by atoms with Crippen molar-refractivity contribution in [1.29, 1.82) is 0 Å². The molecule has 116 valence electrons. The number of ether oxygens (including phenoxy) is 1. The van der Waals surface area contributed by atoms with E-state index in [4.69, 9.17) is 10.5 Å². The summed E-state index contributed by atoms with van der Waals surface area (Å²) < 4.78 is 6.18. The second-order valence-electron chi connectivity index (χ2n) is 6.06. The van der Waals surface area contributed by atoms with Gasteiger partial charge in [-0.15, -0.1) is 0 Å². The van der Waals surface area contributed by atoms with Gasteiger partial charge in [0.25, 0.3) is 0 Å². The first kappa shape index (κ1) is 18.9. The van der Waals surface area contributed by atoms with Crippen LogP contribution in [0.15, 0.2) is 0 Å². The average Bonchev–Trinajstić information content (AvgIpc) is 2.41. The molecule has 19 heavy (non-hydrogen) atoms. The van der Waals surface area contributed by atoms with Crippen molar-refractivity contribution < 1.29 is 4.74 Å². The fraction of sp³-hybridized carbons (Fsp3) is 1.00. The molecule has 0 aromatic carbocycles. The molecule has 0 saturated carbocycles. The van der Waals surface area contributed by atoms with Crippen molar-refractivity contribution in [2.75, 3.05) is 13.2 Å². The Morgan fingerprint density at radius 2 is 1.42 bits per heavy atom. The van der Waals surface area contributed by atoms with E-state index < -0.39 is 0 Å². The molecule has 0 aromatic heterocycles. The molecule has 0 spiro atoms. The zero-order valence-corrected chi connectivity index (χ0v) is 13.7. The van der Waals surface area contributed by atoms with Crippen molar-refractivity contribution in [1.82, 2.24) is 0 Å². The van der Waals surface area contributed by atoms with Crippen LogP contribution in [0.1, 0.15) is 91.4 Å². The number of unbranched alkanes of at least 4 members (excludes halogenated alkanes) is 6. The van der Waals surface area contributed by atoms with Gasteiger partial charge < -0.3 is 10.5 Å². The predicted octanol–water partition coefficient (Wildman–Crippen LogP) is 5.05. The summed E-state index contributed by atoms with van der Waals surface area (Å²) in [4.78, 5) is 0. The van der Waals surface area contributed by atoms with E-state index in [1.54, 1.807) is 0 Å². The zero-order valence-electron chi connectivity index (χ0n) is 13.7. The molecule has 0 aliphatic heterocycles. The van der Waals surface area contributed by atoms with Crippen molar-refractivity contribution in [3.8, 4) is 0 Å². The quantitative estimate of drug-likeness (QED) is 0.449. The first-order valence-corrected chi connectivity index (χ1v) is 8.52. The Kier molecular flexibility index (Phi) is 12.9. The molecule has 0 aromatic rings. The largest absolute Gasteiger partial charge is 0.375 e. The van der Waals surface area contributed by atoms with E-state index in [-0.39, 0.29) is 5.60 Å². The summed E-state index contributed by atoms with van der Waals surface area (Å²) >= 11 is 0. The second-order valence-corrected chi connectivity index (χ2v) is 6.06. The third kappa shape index (κ3) is 11.4. The highest BCUT2D eigenvalue weighted by molar-refractivity contribution is 4.75. The maximum absolute atomic E-state index is 6.18. The normalized spacial score (nSPS) is 14.5. The van der Waals surface area contributed by atoms with Crippen LogP contribution in [0.2, 0.25) is 0 Å². The summed E-state index contributed by atoms with van der Waals surface area (Å²) in [5, 5.41) is 0. The summed E-state index contributed by atoms with van der Waals surface area (Å²) in [5.41, 5.74) is 5.64. The van der Waals surface area contributed by atoms with E-state index in [1.807, 2.05) is 0 Å². The maximum Gasteiger partial charge on any atom is 0.0654 e. The molecule has 2 nitrogen and oxygen atoms in total. The number of hydrogen-bond donors (Lipinski definition) is 1. The minimum atomic E-state index is 0.108. The van der Waals surface area contributed by atoms with Gasteiger partial charge in [0.15, 0.2) is 0 Å². The highest BCUT2D eigenvalue weighted by atomic mass is 16.5. The van der Waals surface area contributed by atoms with Crippen LogP contribution in [-0.4, -0.2) is 18.8 Å². The molecule has 0 aliphatic carbocycles. The molecule has 2 heteroatoms. The first-order chi connectivity index (χ1) is 9.18. The molecule has 1 atom stereocenters. The Balaban J connectivity index is 3.88. The van der Waals surface area contributed by atoms with Crippen LogP contribution in [0.3, 0.4) is 0 Å². The second kappa shape index (κ2) is 12.9. The Hall–Kier alpha value is -0.0800. The van der Waals surface area contributed by atoms with E-state index >= 15 is 0 Å². The lowest BCUT2D eigenvalue weighted by Gasteiger charge is -2.30. The zero-order chi connectivity index (χ0) is 14.4. The molecule has 0 rings (SSSR count). The summed E-state index contributed by atoms with van der Waals surface area (Å²) in [6, 6.07) is 0. The lowest BCUT2D eigenvalue weighted by Crippen LogP contribution is -2.29. The lowest BCUT2D eigenvalue weighted by molar-refractivity contribution is -0.0477. The Morgan fingerprint density at radius 1 is 0.789 bits per heavy atom. The van der Waals surface area contributed by atoms with Crippen LogP contribution in [0.4, 0.5) is 0 Å². The minimum Gasteiger partial charge on any atom is -0.375 e. The van der Waals surface area contributed by atoms with Gasteiger partial charge in [-0.1, -0.05) is 58.8 Å². The van der Waals surface area contributed by atoms with E-state index in [0.29, 0.717) is 0 Å². The van der Waals surface area contributed by atoms with E-state index in [9.17, 15) is 0 Å². The Labute approximate surface area is 121 Å². The van der Waals surface area contributed by atoms with Gasteiger partial charge in [0.1, 0.15) is 0 Å². The van der Waals surface area contributed by atoms with Gasteiger partial charge in [0.2, 0.25) is 0 Å². The first-order valence-electron chi connectivity index (χ1n) is 8.52. The highest BCUT2D eigenvalue weighted by Gasteiger charge is 2.23. The van der Waals surface area contributed by atoms with Crippen LogP contribution in [-0.2, 0) is 4.74 Å². The van der Waals surface area contributed by atoms with Gasteiger partial charge in [-0.05, 0) is 39.2 Å². The minimum absolute atomic E-state index is 0.108. The third-order valence-corrected chi connectivity index (χ3v) is 3.92. The SMILES string of the molecule is CCCCCCCC(C)(CCCC)OCCCCN. The van der Waals surface area contributed by atoms with Crippen molar-refractivity contribution in [2.24, 2.45) is 5.73 Å². The molecule has 0 bridgehead atoms. The molecule has 1 unspecified atom stereocenters. The fourth-order valence-electron chi connectivity index (χ4n) is 2.49. The molecule has 0 radical (unpaired) electrons. The van der Waals surface area contributed by atoms with Gasteiger partial charge in [-0.25, -0.2) is 0 Å². The number of rotatable bonds is 14. The highest BCUT2D eigenvalue weighted by Crippen LogP contribution is 2.26. The molecule has 2 N–H and O–H groups in total. The summed E-state index contributed by atoms with van der Waals surface area (Å²) in [7, 11) is 0. The van der Waals surface area contributed by atoms with Gasteiger partial charge in [0.05, 0.1) is 5.60 Å². The average molecular weight is 271 g/mol. The monoisotopic (exact) mass is 271 g/mol. The standard InChI is InChI=1S/C17H37NO/c1-4-6-8-9-10-14-17(3,13-7-5-2)19-16-12-11-15-18/h4-16,18H2,1-3H3. The molecule has 0 amide bonds. The van der Waals surface area contributed by atoms with Crippen LogP contribution in [0, 0.1) is 0 Å². The fourth-order valence-corrected chi connectivity index (χ4v) is 2.49. The van der Waals surface area contributed by atoms with Crippen molar-refractivity contribution in [2.45, 2.75) is 97.0 Å². The molecule has 0 aliphatic rings. The summed E-state index contributed by atoms with van der Waals surface area (Å²) in [5.74, 6) is 0. The van der Waals surface area contributed by atoms with Crippen LogP contribution >= 0.6 is 0 Å². The van der Waals surface area contributed by atoms with Crippen molar-refractivity contribution in [3.63, 3.8) is 0 Å². The third-order valence-electron chi connectivity index (χ3n) is 3.92. The Morgan fingerprint density at radius 3 is 2.05 bits per heavy atom. The van der Waals surface area contributed by atoms with E-state index in [2.05, 4.69) is 20.8 Å². The van der Waals surface area contributed by atoms with Crippen molar-refractivity contribution in [3.05, 3.63) is 0 Å². The maximum atomic E-state index is 6.18. The number of nitrogens with two attached hydrogens (primary N) is 1. The van der Waals surface area contributed by atoms with Crippen LogP contribution in [0.25, 0.3) is 0 Å². The molecule has 0 saturated heterocycles. The Bertz CT molecular complexity index is 184. The van der Waals surface area contributed by atoms with Gasteiger partial charge in [0, 0.05) is 6.61 Å². The van der Waals surface area contributed by atoms with E-state index in [0.717, 1.165) is 26.0 Å². The van der Waals surface area contributed by atoms with E-state index in [1.165, 1.54) is 57.8 Å². The summed E-state index contributed by atoms with van der Waals surface area (Å²) in [6.45, 7) is 8.51. The van der Waals surface area contributed by atoms with Gasteiger partial charge in [-0.2, -0.15) is 0 Å². The predicted molar refractivity (Wildman–Crippen MR) is 85.5 cm³/mol. The molecule has 0 fully saturated rings. The lowest BCUT2D eigenvalue weighted by atomic mass is 9.92.